The van der Waals surface area contributed by atoms with E-state index in [1.54, 1.807) is 6.92 Å². The number of rotatable bonds is 2. The molecule has 0 fully saturated rings. The highest BCUT2D eigenvalue weighted by Crippen LogP contribution is 2.21. The standard InChI is InChI=1S/C14H14N4O4/c1-4-21-14(20)22-12-16-11-9-5-7(2)8(3)6-10(9)15-13(19)18(11)17-12/h5-6H,4H2,1-3H3,(H,15,19). The highest BCUT2D eigenvalue weighted by Gasteiger charge is 2.15. The van der Waals surface area contributed by atoms with E-state index >= 15 is 0 Å². The number of H-pyrrole nitrogens is 1. The predicted molar refractivity (Wildman–Crippen MR) is 78.2 cm³/mol. The van der Waals surface area contributed by atoms with Crippen LogP contribution in [0, 0.1) is 13.8 Å². The van der Waals surface area contributed by atoms with Gasteiger partial charge in [0.1, 0.15) is 0 Å². The van der Waals surface area contributed by atoms with Crippen molar-refractivity contribution in [2.45, 2.75) is 20.8 Å². The topological polar surface area (TPSA) is 98.6 Å². The van der Waals surface area contributed by atoms with Crippen LogP contribution in [-0.2, 0) is 4.74 Å². The van der Waals surface area contributed by atoms with Crippen LogP contribution in [-0.4, -0.2) is 32.3 Å². The van der Waals surface area contributed by atoms with Gasteiger partial charge in [-0.1, -0.05) is 0 Å². The maximum Gasteiger partial charge on any atom is 0.516 e. The molecule has 0 unspecified atom stereocenters. The van der Waals surface area contributed by atoms with E-state index in [4.69, 9.17) is 4.74 Å². The minimum atomic E-state index is -0.911. The zero-order valence-corrected chi connectivity index (χ0v) is 12.3. The molecule has 22 heavy (non-hydrogen) atoms. The summed E-state index contributed by atoms with van der Waals surface area (Å²) in [7, 11) is 0. The van der Waals surface area contributed by atoms with Gasteiger partial charge >= 0.3 is 17.9 Å². The van der Waals surface area contributed by atoms with Gasteiger partial charge in [-0.25, -0.2) is 9.59 Å². The molecule has 0 saturated heterocycles. The SMILES string of the molecule is CCOC(=O)Oc1nc2c3cc(C)c(C)cc3[nH]c(=O)n2n1. The van der Waals surface area contributed by atoms with E-state index in [9.17, 15) is 9.59 Å². The molecule has 3 rings (SSSR count). The number of carbonyl (C=O) groups excluding carboxylic acids is 1. The van der Waals surface area contributed by atoms with Crippen LogP contribution in [0.5, 0.6) is 6.01 Å². The van der Waals surface area contributed by atoms with E-state index in [0.29, 0.717) is 16.6 Å². The second-order valence-electron chi connectivity index (χ2n) is 4.83. The Labute approximate surface area is 124 Å². The van der Waals surface area contributed by atoms with Gasteiger partial charge in [-0.2, -0.15) is 9.50 Å². The summed E-state index contributed by atoms with van der Waals surface area (Å²) in [6, 6.07) is 3.54. The fourth-order valence-corrected chi connectivity index (χ4v) is 2.15. The van der Waals surface area contributed by atoms with Crippen molar-refractivity contribution in [1.82, 2.24) is 19.6 Å². The Hall–Kier alpha value is -2.90. The molecule has 0 bridgehead atoms. The molecule has 0 atom stereocenters. The Morgan fingerprint density at radius 3 is 2.77 bits per heavy atom. The maximum atomic E-state index is 12.0. The van der Waals surface area contributed by atoms with Crippen molar-refractivity contribution in [3.63, 3.8) is 0 Å². The quantitative estimate of drug-likeness (QED) is 0.724. The van der Waals surface area contributed by atoms with Crippen LogP contribution in [0.1, 0.15) is 18.1 Å². The molecule has 0 spiro atoms. The van der Waals surface area contributed by atoms with E-state index < -0.39 is 11.8 Å². The molecular formula is C14H14N4O4. The first-order valence-corrected chi connectivity index (χ1v) is 6.74. The predicted octanol–water partition coefficient (Wildman–Crippen LogP) is 1.72. The van der Waals surface area contributed by atoms with Crippen molar-refractivity contribution in [1.29, 1.82) is 0 Å². The summed E-state index contributed by atoms with van der Waals surface area (Å²) in [5.41, 5.74) is 2.61. The van der Waals surface area contributed by atoms with Gasteiger partial charge in [-0.15, -0.1) is 5.10 Å². The minimum absolute atomic E-state index is 0.175. The van der Waals surface area contributed by atoms with Gasteiger partial charge in [-0.3, -0.25) is 0 Å². The molecule has 3 aromatic rings. The van der Waals surface area contributed by atoms with Crippen LogP contribution in [0.15, 0.2) is 16.9 Å². The number of hydrogen-bond acceptors (Lipinski definition) is 6. The molecule has 2 aromatic heterocycles. The van der Waals surface area contributed by atoms with Gasteiger partial charge < -0.3 is 14.5 Å². The summed E-state index contributed by atoms with van der Waals surface area (Å²) in [5, 5.41) is 4.59. The van der Waals surface area contributed by atoms with Crippen molar-refractivity contribution in [2.75, 3.05) is 6.61 Å². The van der Waals surface area contributed by atoms with E-state index in [-0.39, 0.29) is 12.6 Å². The highest BCUT2D eigenvalue weighted by atomic mass is 16.7. The molecule has 0 amide bonds. The molecule has 0 saturated carbocycles. The summed E-state index contributed by atoms with van der Waals surface area (Å²) in [6.07, 6.45) is -0.911. The molecular weight excluding hydrogens is 288 g/mol. The van der Waals surface area contributed by atoms with Crippen LogP contribution >= 0.6 is 0 Å². The first-order chi connectivity index (χ1) is 10.5. The van der Waals surface area contributed by atoms with Gasteiger partial charge in [0.15, 0.2) is 5.65 Å². The third-order valence-corrected chi connectivity index (χ3v) is 3.33. The minimum Gasteiger partial charge on any atom is -0.434 e. The largest absolute Gasteiger partial charge is 0.516 e. The molecule has 0 aliphatic heterocycles. The Kier molecular flexibility index (Phi) is 3.28. The first-order valence-electron chi connectivity index (χ1n) is 6.74. The molecule has 0 aliphatic rings. The van der Waals surface area contributed by atoms with Crippen LogP contribution < -0.4 is 10.4 Å². The van der Waals surface area contributed by atoms with Crippen molar-refractivity contribution >= 4 is 22.7 Å². The van der Waals surface area contributed by atoms with E-state index in [1.807, 2.05) is 26.0 Å². The molecule has 8 heteroatoms. The van der Waals surface area contributed by atoms with Crippen molar-refractivity contribution in [2.24, 2.45) is 0 Å². The molecule has 114 valence electrons. The average molecular weight is 302 g/mol. The lowest BCUT2D eigenvalue weighted by Crippen LogP contribution is -2.18. The van der Waals surface area contributed by atoms with E-state index in [1.165, 1.54) is 0 Å². The Morgan fingerprint density at radius 2 is 2.05 bits per heavy atom. The van der Waals surface area contributed by atoms with Crippen LogP contribution in [0.4, 0.5) is 4.79 Å². The molecule has 0 radical (unpaired) electrons. The zero-order valence-electron chi connectivity index (χ0n) is 12.3. The van der Waals surface area contributed by atoms with Crippen LogP contribution in [0.25, 0.3) is 16.6 Å². The molecule has 1 aromatic carbocycles. The van der Waals surface area contributed by atoms with Crippen LogP contribution in [0.2, 0.25) is 0 Å². The average Bonchev–Trinajstić information content (AvgIpc) is 2.86. The molecule has 8 nitrogen and oxygen atoms in total. The fraction of sp³-hybridized carbons (Fsp3) is 0.286. The molecule has 0 aliphatic carbocycles. The lowest BCUT2D eigenvalue weighted by atomic mass is 10.1. The lowest BCUT2D eigenvalue weighted by Gasteiger charge is -2.03. The first kappa shape index (κ1) is 14.1. The van der Waals surface area contributed by atoms with Gasteiger partial charge in [0.25, 0.3) is 0 Å². The fourth-order valence-electron chi connectivity index (χ4n) is 2.15. The Bertz CT molecular complexity index is 941. The monoisotopic (exact) mass is 302 g/mol. The second kappa shape index (κ2) is 5.14. The number of fused-ring (bicyclic) bond motifs is 3. The number of ether oxygens (including phenoxy) is 2. The van der Waals surface area contributed by atoms with Gasteiger partial charge in [-0.05, 0) is 44.0 Å². The second-order valence-corrected chi connectivity index (χ2v) is 4.83. The Balaban J connectivity index is 2.20. The number of aromatic nitrogens is 4. The summed E-state index contributed by atoms with van der Waals surface area (Å²) >= 11 is 0. The number of aryl methyl sites for hydroxylation is 2. The maximum absolute atomic E-state index is 12.0. The van der Waals surface area contributed by atoms with Crippen molar-refractivity contribution in [3.8, 4) is 6.01 Å². The number of hydrogen-bond donors (Lipinski definition) is 1. The lowest BCUT2D eigenvalue weighted by molar-refractivity contribution is 0.101. The van der Waals surface area contributed by atoms with Gasteiger partial charge in [0.05, 0.1) is 12.1 Å². The summed E-state index contributed by atoms with van der Waals surface area (Å²) in [4.78, 5) is 30.2. The summed E-state index contributed by atoms with van der Waals surface area (Å²) in [6.45, 7) is 5.75. The number of aromatic amines is 1. The molecule has 1 N–H and O–H groups in total. The third-order valence-electron chi connectivity index (χ3n) is 3.33. The number of benzene rings is 1. The number of nitrogens with one attached hydrogen (secondary N) is 1. The van der Waals surface area contributed by atoms with Crippen molar-refractivity contribution in [3.05, 3.63) is 33.7 Å². The third kappa shape index (κ3) is 2.28. The van der Waals surface area contributed by atoms with Crippen molar-refractivity contribution < 1.29 is 14.3 Å². The van der Waals surface area contributed by atoms with Gasteiger partial charge in [0.2, 0.25) is 0 Å². The zero-order chi connectivity index (χ0) is 15.9. The normalized spacial score (nSPS) is 11.0. The smallest absolute Gasteiger partial charge is 0.434 e. The number of carbonyl (C=O) groups is 1. The number of nitrogens with zero attached hydrogens (tertiary/aromatic N) is 3. The Morgan fingerprint density at radius 1 is 1.32 bits per heavy atom. The van der Waals surface area contributed by atoms with Gasteiger partial charge in [0, 0.05) is 5.39 Å². The van der Waals surface area contributed by atoms with E-state index in [0.717, 1.165) is 15.6 Å². The summed E-state index contributed by atoms with van der Waals surface area (Å²) in [5.74, 6) is 0. The molecule has 2 heterocycles. The summed E-state index contributed by atoms with van der Waals surface area (Å²) < 4.78 is 10.6. The highest BCUT2D eigenvalue weighted by molar-refractivity contribution is 5.92. The van der Waals surface area contributed by atoms with E-state index in [2.05, 4.69) is 19.8 Å². The van der Waals surface area contributed by atoms with Crippen LogP contribution in [0.3, 0.4) is 0 Å².